The number of aromatic amines is 2. The Morgan fingerprint density at radius 3 is 1.74 bits per heavy atom. The fourth-order valence-corrected chi connectivity index (χ4v) is 10.8. The molecular weight excluding hydrogens is 878 g/mol. The summed E-state index contributed by atoms with van der Waals surface area (Å²) < 4.78 is 13.1. The molecule has 3 aliphatic heterocycles. The molecule has 5 heterocycles. The Morgan fingerprint density at radius 1 is 0.723 bits per heavy atom. The van der Waals surface area contributed by atoms with E-state index in [1.807, 2.05) is 51.1 Å². The van der Waals surface area contributed by atoms with Crippen molar-refractivity contribution in [1.82, 2.24) is 35.1 Å². The molecular formula is C46H51Cl2FN10O6. The number of nitrogens with zero attached hydrogens (tertiary/aromatic N) is 6. The number of H-pyrrole nitrogens is 2. The number of anilines is 2. The summed E-state index contributed by atoms with van der Waals surface area (Å²) >= 11 is 12.2. The van der Waals surface area contributed by atoms with Crippen molar-refractivity contribution in [2.75, 3.05) is 36.0 Å². The van der Waals surface area contributed by atoms with Gasteiger partial charge in [-0.3, -0.25) is 28.8 Å². The van der Waals surface area contributed by atoms with Crippen LogP contribution in [0.25, 0.3) is 0 Å². The number of carbonyl (C=O) groups is 6. The number of benzene rings is 2. The van der Waals surface area contributed by atoms with E-state index >= 15 is 0 Å². The molecule has 10 rings (SSSR count). The minimum absolute atomic E-state index is 0.00909. The molecule has 342 valence electrons. The van der Waals surface area contributed by atoms with Crippen molar-refractivity contribution in [3.8, 4) is 0 Å². The Labute approximate surface area is 384 Å². The van der Waals surface area contributed by atoms with E-state index in [4.69, 9.17) is 28.9 Å². The number of likely N-dealkylation sites (tertiary alicyclic amines) is 1. The SMILES string of the molecule is NC(=O)c1[nH]cnc1C(=O)N(C1CC1)[C@H]1CC[C@@]2(CCN(c3cccc(Cl)c3)C2=O)CC1.O=C(N[C@H]1CC[C@@]2(CCN(c3cccc(Cl)c3)C2=O)CC1)c1[nH]cnc1C(=O)N1CC(F)C1. The Balaban J connectivity index is 0.000000164. The summed E-state index contributed by atoms with van der Waals surface area (Å²) in [6.07, 6.45) is 10.8. The topological polar surface area (TPSA) is 211 Å². The van der Waals surface area contributed by atoms with Gasteiger partial charge >= 0.3 is 0 Å². The standard InChI is InChI=1S/C23H25ClFN5O3.C23H26ClN5O3/c24-14-2-1-3-17(10-14)30-9-8-23(22(30)33)6-4-16(5-7-23)28-20(31)18-19(27-13-26-18)21(32)29-11-15(25)12-29;24-14-2-1-3-17(12-14)28-11-10-23(22(28)32)8-6-16(7-9-23)29(15-4-5-15)21(31)19-18(20(25)30)26-13-27-19/h1-3,10,13,15-16H,4-9,11-12H2,(H,26,27)(H,28,31);1-3,12-13,15-16H,4-11H2,(H2,25,30)(H,26,27)/t2*16-,23-. The molecule has 6 aliphatic rings. The lowest BCUT2D eigenvalue weighted by Gasteiger charge is -2.41. The zero-order valence-corrected chi connectivity index (χ0v) is 37.3. The first-order valence-corrected chi connectivity index (χ1v) is 23.1. The van der Waals surface area contributed by atoms with Crippen molar-refractivity contribution in [2.45, 2.75) is 101 Å². The van der Waals surface area contributed by atoms with Crippen LogP contribution in [0.15, 0.2) is 61.2 Å². The second kappa shape index (κ2) is 17.9. The first-order chi connectivity index (χ1) is 31.3. The molecule has 0 atom stereocenters. The minimum Gasteiger partial charge on any atom is -0.364 e. The van der Waals surface area contributed by atoms with E-state index in [1.54, 1.807) is 12.1 Å². The summed E-state index contributed by atoms with van der Waals surface area (Å²) in [6, 6.07) is 14.9. The molecule has 3 saturated carbocycles. The molecule has 3 saturated heterocycles. The summed E-state index contributed by atoms with van der Waals surface area (Å²) in [5, 5.41) is 4.19. The average molecular weight is 930 g/mol. The molecule has 19 heteroatoms. The third kappa shape index (κ3) is 8.72. The molecule has 2 aromatic carbocycles. The van der Waals surface area contributed by atoms with Gasteiger partial charge in [0.05, 0.1) is 36.6 Å². The smallest absolute Gasteiger partial charge is 0.275 e. The Bertz CT molecular complexity index is 2500. The van der Waals surface area contributed by atoms with Crippen LogP contribution in [0.2, 0.25) is 10.0 Å². The van der Waals surface area contributed by atoms with E-state index in [9.17, 15) is 33.2 Å². The van der Waals surface area contributed by atoms with Gasteiger partial charge in [0.15, 0.2) is 11.4 Å². The molecule has 2 spiro atoms. The summed E-state index contributed by atoms with van der Waals surface area (Å²) in [4.78, 5) is 97.3. The zero-order valence-electron chi connectivity index (χ0n) is 35.7. The predicted octanol–water partition coefficient (Wildman–Crippen LogP) is 6.09. The van der Waals surface area contributed by atoms with E-state index in [-0.39, 0.29) is 77.1 Å². The van der Waals surface area contributed by atoms with Crippen LogP contribution >= 0.6 is 23.2 Å². The fraction of sp³-hybridized carbons (Fsp3) is 0.478. The van der Waals surface area contributed by atoms with Gasteiger partial charge in [-0.1, -0.05) is 35.3 Å². The number of halogens is 3. The number of nitrogens with one attached hydrogen (secondary N) is 3. The highest BCUT2D eigenvalue weighted by Crippen LogP contribution is 2.49. The van der Waals surface area contributed by atoms with Crippen LogP contribution in [0.5, 0.6) is 0 Å². The number of aromatic nitrogens is 4. The second-order valence-electron chi connectivity index (χ2n) is 18.3. The number of primary amides is 1. The van der Waals surface area contributed by atoms with Gasteiger partial charge < -0.3 is 40.6 Å². The predicted molar refractivity (Wildman–Crippen MR) is 239 cm³/mol. The molecule has 3 aliphatic carbocycles. The lowest BCUT2D eigenvalue weighted by molar-refractivity contribution is -0.128. The van der Waals surface area contributed by atoms with Crippen molar-refractivity contribution in [1.29, 1.82) is 0 Å². The normalized spacial score (nSPS) is 25.4. The number of rotatable bonds is 9. The van der Waals surface area contributed by atoms with Crippen LogP contribution in [0.3, 0.4) is 0 Å². The van der Waals surface area contributed by atoms with Crippen LogP contribution < -0.4 is 20.9 Å². The highest BCUT2D eigenvalue weighted by molar-refractivity contribution is 6.31. The maximum Gasteiger partial charge on any atom is 0.275 e. The first kappa shape index (κ1) is 44.4. The number of carbonyl (C=O) groups excluding carboxylic acids is 6. The number of amides is 6. The van der Waals surface area contributed by atoms with Gasteiger partial charge in [0.1, 0.15) is 17.6 Å². The lowest BCUT2D eigenvalue weighted by Crippen LogP contribution is -2.52. The van der Waals surface area contributed by atoms with E-state index < -0.39 is 29.3 Å². The van der Waals surface area contributed by atoms with Crippen LogP contribution in [0.1, 0.15) is 119 Å². The van der Waals surface area contributed by atoms with E-state index in [0.717, 1.165) is 62.7 Å². The molecule has 65 heavy (non-hydrogen) atoms. The monoisotopic (exact) mass is 928 g/mol. The van der Waals surface area contributed by atoms with Gasteiger partial charge in [-0.15, -0.1) is 0 Å². The average Bonchev–Trinajstić information content (AvgIpc) is 3.58. The van der Waals surface area contributed by atoms with E-state index in [2.05, 4.69) is 25.3 Å². The molecule has 2 aromatic heterocycles. The maximum atomic E-state index is 13.4. The van der Waals surface area contributed by atoms with Crippen molar-refractivity contribution in [3.63, 3.8) is 0 Å². The van der Waals surface area contributed by atoms with Crippen molar-refractivity contribution < 1.29 is 33.2 Å². The fourth-order valence-electron chi connectivity index (χ4n) is 10.5. The van der Waals surface area contributed by atoms with Crippen LogP contribution in [0.4, 0.5) is 15.8 Å². The molecule has 6 amide bonds. The van der Waals surface area contributed by atoms with E-state index in [0.29, 0.717) is 48.8 Å². The highest BCUT2D eigenvalue weighted by atomic mass is 35.5. The number of nitrogens with two attached hydrogens (primary N) is 1. The van der Waals surface area contributed by atoms with Crippen molar-refractivity contribution in [2.24, 2.45) is 16.6 Å². The number of hydrogen-bond acceptors (Lipinski definition) is 8. The Hall–Kier alpha value is -5.81. The van der Waals surface area contributed by atoms with Gasteiger partial charge in [-0.2, -0.15) is 0 Å². The number of alkyl halides is 1. The number of imidazole rings is 2. The Kier molecular flexibility index (Phi) is 12.2. The largest absolute Gasteiger partial charge is 0.364 e. The first-order valence-electron chi connectivity index (χ1n) is 22.3. The maximum absolute atomic E-state index is 13.4. The molecule has 4 aromatic rings. The van der Waals surface area contributed by atoms with Crippen LogP contribution in [0, 0.1) is 10.8 Å². The second-order valence-corrected chi connectivity index (χ2v) is 19.2. The number of hydrogen-bond donors (Lipinski definition) is 4. The van der Waals surface area contributed by atoms with Gasteiger partial charge in [0.25, 0.3) is 23.6 Å². The van der Waals surface area contributed by atoms with Crippen molar-refractivity contribution >= 4 is 70.0 Å². The van der Waals surface area contributed by atoms with Crippen LogP contribution in [-0.4, -0.2) is 116 Å². The van der Waals surface area contributed by atoms with Gasteiger partial charge in [-0.05, 0) is 113 Å². The molecule has 6 fully saturated rings. The van der Waals surface area contributed by atoms with E-state index in [1.165, 1.54) is 17.6 Å². The summed E-state index contributed by atoms with van der Waals surface area (Å²) in [5.74, 6) is -1.52. The lowest BCUT2D eigenvalue weighted by atomic mass is 9.71. The summed E-state index contributed by atoms with van der Waals surface area (Å²) in [7, 11) is 0. The summed E-state index contributed by atoms with van der Waals surface area (Å²) in [5.41, 5.74) is 6.52. The third-order valence-electron chi connectivity index (χ3n) is 14.3. The van der Waals surface area contributed by atoms with Gasteiger partial charge in [0, 0.05) is 52.6 Å². The summed E-state index contributed by atoms with van der Waals surface area (Å²) in [6.45, 7) is 1.39. The van der Waals surface area contributed by atoms with Crippen molar-refractivity contribution in [3.05, 3.63) is 94.0 Å². The third-order valence-corrected chi connectivity index (χ3v) is 14.8. The molecule has 0 unspecified atom stereocenters. The highest BCUT2D eigenvalue weighted by Gasteiger charge is 2.52. The van der Waals surface area contributed by atoms with Gasteiger partial charge in [0.2, 0.25) is 11.8 Å². The minimum atomic E-state index is -1.02. The van der Waals surface area contributed by atoms with Gasteiger partial charge in [-0.25, -0.2) is 14.4 Å². The molecule has 5 N–H and O–H groups in total. The quantitative estimate of drug-likeness (QED) is 0.154. The van der Waals surface area contributed by atoms with Crippen LogP contribution in [-0.2, 0) is 9.59 Å². The molecule has 0 bridgehead atoms. The Morgan fingerprint density at radius 2 is 1.23 bits per heavy atom. The zero-order chi connectivity index (χ0) is 45.6. The molecule has 0 radical (unpaired) electrons. The molecule has 16 nitrogen and oxygen atoms in total.